The fourth-order valence-corrected chi connectivity index (χ4v) is 2.79. The SMILES string of the molecule is C[C@H](C(=O)N(C)CCN1CCCC1=O)[C@H](N)c1ccccc1. The third kappa shape index (κ3) is 3.85. The van der Waals surface area contributed by atoms with Gasteiger partial charge in [-0.2, -0.15) is 0 Å². The van der Waals surface area contributed by atoms with Crippen LogP contribution in [0.1, 0.15) is 31.4 Å². The number of nitrogens with two attached hydrogens (primary N) is 1. The highest BCUT2D eigenvalue weighted by Crippen LogP contribution is 2.20. The lowest BCUT2D eigenvalue weighted by atomic mass is 9.94. The Kier molecular flexibility index (Phi) is 5.55. The summed E-state index contributed by atoms with van der Waals surface area (Å²) in [7, 11) is 1.77. The Hall–Kier alpha value is -1.88. The second-order valence-electron chi connectivity index (χ2n) is 5.97. The highest BCUT2D eigenvalue weighted by molar-refractivity contribution is 5.80. The first-order valence-corrected chi connectivity index (χ1v) is 7.84. The summed E-state index contributed by atoms with van der Waals surface area (Å²) in [6.45, 7) is 3.82. The van der Waals surface area contributed by atoms with Gasteiger partial charge in [-0.1, -0.05) is 37.3 Å². The number of carbonyl (C=O) groups excluding carboxylic acids is 2. The van der Waals surface area contributed by atoms with Gasteiger partial charge in [0.05, 0.1) is 5.92 Å². The van der Waals surface area contributed by atoms with Gasteiger partial charge in [-0.3, -0.25) is 9.59 Å². The quantitative estimate of drug-likeness (QED) is 0.864. The summed E-state index contributed by atoms with van der Waals surface area (Å²) in [5.74, 6) is -0.0837. The van der Waals surface area contributed by atoms with Crippen LogP contribution in [0.2, 0.25) is 0 Å². The fraction of sp³-hybridized carbons (Fsp3) is 0.529. The van der Waals surface area contributed by atoms with Crippen molar-refractivity contribution < 1.29 is 9.59 Å². The number of hydrogen-bond acceptors (Lipinski definition) is 3. The Labute approximate surface area is 132 Å². The average Bonchev–Trinajstić information content (AvgIpc) is 2.96. The molecular formula is C17H25N3O2. The van der Waals surface area contributed by atoms with Crippen LogP contribution in [-0.4, -0.2) is 48.3 Å². The second kappa shape index (κ2) is 7.40. The molecule has 1 aliphatic heterocycles. The monoisotopic (exact) mass is 303 g/mol. The minimum atomic E-state index is -0.315. The number of rotatable bonds is 6. The van der Waals surface area contributed by atoms with Crippen molar-refractivity contribution in [2.45, 2.75) is 25.8 Å². The largest absolute Gasteiger partial charge is 0.344 e. The lowest BCUT2D eigenvalue weighted by Gasteiger charge is -2.27. The van der Waals surface area contributed by atoms with E-state index in [9.17, 15) is 9.59 Å². The predicted octanol–water partition coefficient (Wildman–Crippen LogP) is 1.40. The Morgan fingerprint density at radius 1 is 1.36 bits per heavy atom. The van der Waals surface area contributed by atoms with E-state index in [-0.39, 0.29) is 23.8 Å². The molecule has 120 valence electrons. The van der Waals surface area contributed by atoms with E-state index in [0.29, 0.717) is 19.5 Å². The van der Waals surface area contributed by atoms with E-state index in [1.165, 1.54) is 0 Å². The van der Waals surface area contributed by atoms with E-state index in [1.54, 1.807) is 11.9 Å². The number of likely N-dealkylation sites (tertiary alicyclic amines) is 1. The first kappa shape index (κ1) is 16.5. The molecule has 1 aromatic carbocycles. The van der Waals surface area contributed by atoms with E-state index in [4.69, 9.17) is 5.73 Å². The standard InChI is InChI=1S/C17H25N3O2/c1-13(16(18)14-7-4-3-5-8-14)17(22)19(2)11-12-20-10-6-9-15(20)21/h3-5,7-8,13,16H,6,9-12,18H2,1-2H3/t13-,16-/m0/s1. The van der Waals surface area contributed by atoms with E-state index >= 15 is 0 Å². The number of carbonyl (C=O) groups is 2. The Morgan fingerprint density at radius 3 is 2.64 bits per heavy atom. The maximum absolute atomic E-state index is 12.5. The van der Waals surface area contributed by atoms with Gasteiger partial charge in [-0.15, -0.1) is 0 Å². The molecule has 0 radical (unpaired) electrons. The lowest BCUT2D eigenvalue weighted by Crippen LogP contribution is -2.41. The first-order chi connectivity index (χ1) is 10.5. The number of nitrogens with zero attached hydrogens (tertiary/aromatic N) is 2. The van der Waals surface area contributed by atoms with Crippen LogP contribution in [-0.2, 0) is 9.59 Å². The summed E-state index contributed by atoms with van der Waals surface area (Å²) in [4.78, 5) is 27.6. The fourth-order valence-electron chi connectivity index (χ4n) is 2.79. The number of benzene rings is 1. The maximum Gasteiger partial charge on any atom is 0.227 e. The van der Waals surface area contributed by atoms with E-state index in [1.807, 2.05) is 42.2 Å². The van der Waals surface area contributed by atoms with Crippen LogP contribution in [0.5, 0.6) is 0 Å². The maximum atomic E-state index is 12.5. The Bertz CT molecular complexity index is 518. The molecule has 1 saturated heterocycles. The topological polar surface area (TPSA) is 66.6 Å². The minimum Gasteiger partial charge on any atom is -0.344 e. The van der Waals surface area contributed by atoms with Gasteiger partial charge in [0.25, 0.3) is 0 Å². The highest BCUT2D eigenvalue weighted by Gasteiger charge is 2.26. The van der Waals surface area contributed by atoms with E-state index in [2.05, 4.69) is 0 Å². The molecule has 0 aromatic heterocycles. The highest BCUT2D eigenvalue weighted by atomic mass is 16.2. The van der Waals surface area contributed by atoms with Crippen LogP contribution >= 0.6 is 0 Å². The van der Waals surface area contributed by atoms with Crippen molar-refractivity contribution in [3.8, 4) is 0 Å². The zero-order valence-electron chi connectivity index (χ0n) is 13.4. The van der Waals surface area contributed by atoms with Crippen molar-refractivity contribution in [3.05, 3.63) is 35.9 Å². The normalized spacial score (nSPS) is 17.4. The molecule has 0 aliphatic carbocycles. The van der Waals surface area contributed by atoms with Crippen molar-refractivity contribution in [2.75, 3.05) is 26.7 Å². The lowest BCUT2D eigenvalue weighted by molar-refractivity contribution is -0.136. The van der Waals surface area contributed by atoms with Gasteiger partial charge in [0.2, 0.25) is 11.8 Å². The van der Waals surface area contributed by atoms with Gasteiger partial charge in [0.15, 0.2) is 0 Å². The van der Waals surface area contributed by atoms with Gasteiger partial charge in [0, 0.05) is 39.1 Å². The zero-order chi connectivity index (χ0) is 16.1. The smallest absolute Gasteiger partial charge is 0.227 e. The van der Waals surface area contributed by atoms with Crippen molar-refractivity contribution in [3.63, 3.8) is 0 Å². The van der Waals surface area contributed by atoms with Gasteiger partial charge in [-0.25, -0.2) is 0 Å². The van der Waals surface area contributed by atoms with Crippen LogP contribution in [0.3, 0.4) is 0 Å². The van der Waals surface area contributed by atoms with Gasteiger partial charge in [-0.05, 0) is 12.0 Å². The minimum absolute atomic E-state index is 0.0167. The van der Waals surface area contributed by atoms with Crippen LogP contribution in [0, 0.1) is 5.92 Å². The van der Waals surface area contributed by atoms with Crippen molar-refractivity contribution in [1.82, 2.24) is 9.80 Å². The molecule has 2 N–H and O–H groups in total. The average molecular weight is 303 g/mol. The molecule has 2 amide bonds. The molecule has 1 fully saturated rings. The number of amides is 2. The first-order valence-electron chi connectivity index (χ1n) is 7.84. The summed E-state index contributed by atoms with van der Waals surface area (Å²) < 4.78 is 0. The summed E-state index contributed by atoms with van der Waals surface area (Å²) in [5, 5.41) is 0. The molecule has 0 bridgehead atoms. The molecule has 1 aromatic rings. The molecule has 0 spiro atoms. The molecule has 1 heterocycles. The molecule has 2 atom stereocenters. The molecule has 0 unspecified atom stereocenters. The van der Waals surface area contributed by atoms with Crippen LogP contribution in [0.15, 0.2) is 30.3 Å². The Morgan fingerprint density at radius 2 is 2.05 bits per heavy atom. The third-order valence-electron chi connectivity index (χ3n) is 4.37. The van der Waals surface area contributed by atoms with Crippen molar-refractivity contribution in [1.29, 1.82) is 0 Å². The summed E-state index contributed by atoms with van der Waals surface area (Å²) in [6.07, 6.45) is 1.55. The van der Waals surface area contributed by atoms with Crippen LogP contribution < -0.4 is 5.73 Å². The molecule has 2 rings (SSSR count). The van der Waals surface area contributed by atoms with Crippen molar-refractivity contribution in [2.24, 2.45) is 11.7 Å². The van der Waals surface area contributed by atoms with E-state index < -0.39 is 0 Å². The molecule has 0 saturated carbocycles. The molecule has 5 heteroatoms. The van der Waals surface area contributed by atoms with E-state index in [0.717, 1.165) is 18.5 Å². The summed E-state index contributed by atoms with van der Waals surface area (Å²) in [6, 6.07) is 9.35. The van der Waals surface area contributed by atoms with Gasteiger partial charge in [0.1, 0.15) is 0 Å². The van der Waals surface area contributed by atoms with Crippen LogP contribution in [0.25, 0.3) is 0 Å². The number of likely N-dealkylation sites (N-methyl/N-ethyl adjacent to an activating group) is 1. The molecule has 1 aliphatic rings. The van der Waals surface area contributed by atoms with Gasteiger partial charge >= 0.3 is 0 Å². The summed E-state index contributed by atoms with van der Waals surface area (Å²) >= 11 is 0. The van der Waals surface area contributed by atoms with Crippen LogP contribution in [0.4, 0.5) is 0 Å². The molecule has 22 heavy (non-hydrogen) atoms. The van der Waals surface area contributed by atoms with Gasteiger partial charge < -0.3 is 15.5 Å². The van der Waals surface area contributed by atoms with Crippen molar-refractivity contribution >= 4 is 11.8 Å². The summed E-state index contributed by atoms with van der Waals surface area (Å²) in [5.41, 5.74) is 7.17. The molecule has 5 nitrogen and oxygen atoms in total. The Balaban J connectivity index is 1.88. The second-order valence-corrected chi connectivity index (χ2v) is 5.97. The number of hydrogen-bond donors (Lipinski definition) is 1. The molecular weight excluding hydrogens is 278 g/mol. The predicted molar refractivity (Wildman–Crippen MR) is 86.0 cm³/mol. The zero-order valence-corrected chi connectivity index (χ0v) is 13.4. The third-order valence-corrected chi connectivity index (χ3v) is 4.37.